The molecular weight excluding hydrogens is 386 g/mol. The van der Waals surface area contributed by atoms with Gasteiger partial charge in [0.05, 0.1) is 17.2 Å². The summed E-state index contributed by atoms with van der Waals surface area (Å²) in [5, 5.41) is 1.05. The van der Waals surface area contributed by atoms with E-state index < -0.39 is 0 Å². The van der Waals surface area contributed by atoms with Crippen LogP contribution in [0.25, 0.3) is 9.40 Å². The summed E-state index contributed by atoms with van der Waals surface area (Å²) in [7, 11) is 0. The first-order chi connectivity index (χ1) is 13.1. The zero-order valence-electron chi connectivity index (χ0n) is 16.0. The molecule has 1 aliphatic rings. The third kappa shape index (κ3) is 4.18. The lowest BCUT2D eigenvalue weighted by Crippen LogP contribution is -2.29. The molecule has 0 radical (unpaired) electrons. The number of rotatable bonds is 9. The summed E-state index contributed by atoms with van der Waals surface area (Å²) in [5.74, 6) is -0.554. The lowest BCUT2D eigenvalue weighted by Gasteiger charge is -2.27. The van der Waals surface area contributed by atoms with Gasteiger partial charge in [-0.2, -0.15) is 0 Å². The Hall–Kier alpha value is -1.48. The Morgan fingerprint density at radius 3 is 1.96 bits per heavy atom. The molecule has 2 aromatic heterocycles. The summed E-state index contributed by atoms with van der Waals surface area (Å²) in [4.78, 5) is 28.4. The van der Waals surface area contributed by atoms with Crippen LogP contribution in [0, 0.1) is 0 Å². The van der Waals surface area contributed by atoms with Crippen LogP contribution in [0.5, 0.6) is 0 Å². The van der Waals surface area contributed by atoms with Gasteiger partial charge in [-0.3, -0.25) is 4.90 Å². The van der Waals surface area contributed by atoms with E-state index in [1.54, 1.807) is 0 Å². The van der Waals surface area contributed by atoms with Gasteiger partial charge in [-0.1, -0.05) is 0 Å². The second-order valence-corrected chi connectivity index (χ2v) is 8.48. The number of ether oxygens (including phenoxy) is 3. The molecule has 6 nitrogen and oxygen atoms in total. The van der Waals surface area contributed by atoms with Gasteiger partial charge in [-0.15, -0.1) is 22.7 Å². The predicted octanol–water partition coefficient (Wildman–Crippen LogP) is 4.06. The highest BCUT2D eigenvalue weighted by Crippen LogP contribution is 2.45. The van der Waals surface area contributed by atoms with E-state index in [0.717, 1.165) is 33.5 Å². The molecule has 8 heteroatoms. The van der Waals surface area contributed by atoms with Crippen molar-refractivity contribution >= 4 is 44.0 Å². The minimum atomic E-state index is -0.277. The quantitative estimate of drug-likeness (QED) is 0.458. The van der Waals surface area contributed by atoms with E-state index in [4.69, 9.17) is 14.2 Å². The molecule has 0 unspecified atom stereocenters. The van der Waals surface area contributed by atoms with Crippen LogP contribution in [0.2, 0.25) is 0 Å². The standard InChI is InChI=1S/C19H25NO5S2/c1-4-23-9-7-8-20-10-12-14-13(11-20)16(18(22)25-6-3)27-19(14)26-15(12)17(21)24-5-2/h4-11H2,1-3H3. The van der Waals surface area contributed by atoms with Crippen molar-refractivity contribution in [1.82, 2.24) is 4.90 Å². The lowest BCUT2D eigenvalue weighted by atomic mass is 10.0. The number of nitrogens with zero attached hydrogens (tertiary/aromatic N) is 1. The molecule has 3 rings (SSSR count). The van der Waals surface area contributed by atoms with Crippen LogP contribution in [0.4, 0.5) is 0 Å². The van der Waals surface area contributed by atoms with Crippen molar-refractivity contribution in [3.05, 3.63) is 20.9 Å². The van der Waals surface area contributed by atoms with Crippen molar-refractivity contribution in [3.8, 4) is 0 Å². The maximum Gasteiger partial charge on any atom is 0.348 e. The van der Waals surface area contributed by atoms with Gasteiger partial charge in [0.15, 0.2) is 0 Å². The summed E-state index contributed by atoms with van der Waals surface area (Å²) in [6.45, 7) is 9.93. The normalized spacial score (nSPS) is 13.9. The molecule has 0 bridgehead atoms. The van der Waals surface area contributed by atoms with Gasteiger partial charge >= 0.3 is 11.9 Å². The fraction of sp³-hybridized carbons (Fsp3) is 0.579. The van der Waals surface area contributed by atoms with E-state index in [-0.39, 0.29) is 11.9 Å². The van der Waals surface area contributed by atoms with Gasteiger partial charge in [-0.25, -0.2) is 9.59 Å². The first-order valence-electron chi connectivity index (χ1n) is 9.31. The maximum atomic E-state index is 12.4. The van der Waals surface area contributed by atoms with Gasteiger partial charge in [-0.05, 0) is 27.2 Å². The fourth-order valence-electron chi connectivity index (χ4n) is 3.31. The Bertz CT molecular complexity index is 768. The molecule has 2 aromatic rings. The number of hydrogen-bond acceptors (Lipinski definition) is 8. The van der Waals surface area contributed by atoms with Crippen molar-refractivity contribution in [1.29, 1.82) is 0 Å². The molecule has 27 heavy (non-hydrogen) atoms. The average molecular weight is 412 g/mol. The first kappa shape index (κ1) is 20.3. The number of thiophene rings is 2. The van der Waals surface area contributed by atoms with Gasteiger partial charge < -0.3 is 14.2 Å². The summed E-state index contributed by atoms with van der Waals surface area (Å²) in [6, 6.07) is 0. The van der Waals surface area contributed by atoms with Crippen LogP contribution in [0.1, 0.15) is 57.7 Å². The second-order valence-electron chi connectivity index (χ2n) is 6.18. The average Bonchev–Trinajstić information content (AvgIpc) is 3.20. The van der Waals surface area contributed by atoms with E-state index in [9.17, 15) is 9.59 Å². The lowest BCUT2D eigenvalue weighted by molar-refractivity contribution is 0.0522. The Balaban J connectivity index is 1.94. The molecule has 148 valence electrons. The van der Waals surface area contributed by atoms with E-state index in [2.05, 4.69) is 4.90 Å². The third-order valence-electron chi connectivity index (χ3n) is 4.40. The van der Waals surface area contributed by atoms with E-state index in [0.29, 0.717) is 49.3 Å². The first-order valence-corrected chi connectivity index (χ1v) is 10.9. The molecule has 0 amide bonds. The minimum Gasteiger partial charge on any atom is -0.462 e. The number of hydrogen-bond donors (Lipinski definition) is 0. The largest absolute Gasteiger partial charge is 0.462 e. The van der Waals surface area contributed by atoms with Gasteiger partial charge in [0.25, 0.3) is 0 Å². The molecule has 0 fully saturated rings. The number of carbonyl (C=O) groups excluding carboxylic acids is 2. The smallest absolute Gasteiger partial charge is 0.348 e. The predicted molar refractivity (Wildman–Crippen MR) is 107 cm³/mol. The van der Waals surface area contributed by atoms with Crippen LogP contribution < -0.4 is 0 Å². The Kier molecular flexibility index (Phi) is 6.86. The Morgan fingerprint density at radius 2 is 1.48 bits per heavy atom. The van der Waals surface area contributed by atoms with Crippen molar-refractivity contribution in [2.45, 2.75) is 40.3 Å². The van der Waals surface area contributed by atoms with Crippen LogP contribution in [0.15, 0.2) is 0 Å². The van der Waals surface area contributed by atoms with E-state index in [1.807, 2.05) is 20.8 Å². The molecule has 0 saturated carbocycles. The van der Waals surface area contributed by atoms with Crippen molar-refractivity contribution in [3.63, 3.8) is 0 Å². The molecule has 0 N–H and O–H groups in total. The molecule has 0 aromatic carbocycles. The van der Waals surface area contributed by atoms with Crippen molar-refractivity contribution in [2.75, 3.05) is 33.0 Å². The monoisotopic (exact) mass is 411 g/mol. The SMILES string of the molecule is CCOCCCN1Cc2c(C(=O)OCC)sc3sc(C(=O)OCC)c(c23)C1. The Labute approximate surface area is 167 Å². The summed E-state index contributed by atoms with van der Waals surface area (Å²) in [5.41, 5.74) is 1.97. The molecule has 0 spiro atoms. The van der Waals surface area contributed by atoms with Crippen LogP contribution in [0.3, 0.4) is 0 Å². The van der Waals surface area contributed by atoms with Crippen molar-refractivity contribution in [2.24, 2.45) is 0 Å². The highest BCUT2D eigenvalue weighted by Gasteiger charge is 2.32. The van der Waals surface area contributed by atoms with Crippen LogP contribution in [-0.4, -0.2) is 49.8 Å². The van der Waals surface area contributed by atoms with Crippen LogP contribution in [-0.2, 0) is 27.3 Å². The Morgan fingerprint density at radius 1 is 0.926 bits per heavy atom. The van der Waals surface area contributed by atoms with E-state index >= 15 is 0 Å². The summed E-state index contributed by atoms with van der Waals surface area (Å²) in [6.07, 6.45) is 0.907. The maximum absolute atomic E-state index is 12.4. The topological polar surface area (TPSA) is 65.1 Å². The number of esters is 2. The van der Waals surface area contributed by atoms with Gasteiger partial charge in [0, 0.05) is 49.4 Å². The van der Waals surface area contributed by atoms with Crippen LogP contribution >= 0.6 is 22.7 Å². The molecule has 0 aliphatic carbocycles. The molecule has 3 heterocycles. The highest BCUT2D eigenvalue weighted by molar-refractivity contribution is 7.40. The molecule has 0 saturated heterocycles. The zero-order valence-corrected chi connectivity index (χ0v) is 17.6. The van der Waals surface area contributed by atoms with Gasteiger partial charge in [0.2, 0.25) is 0 Å². The summed E-state index contributed by atoms with van der Waals surface area (Å²) < 4.78 is 16.9. The van der Waals surface area contributed by atoms with Crippen molar-refractivity contribution < 1.29 is 23.8 Å². The molecule has 1 aliphatic heterocycles. The van der Waals surface area contributed by atoms with E-state index in [1.165, 1.54) is 22.7 Å². The minimum absolute atomic E-state index is 0.277. The second kappa shape index (κ2) is 9.14. The zero-order chi connectivity index (χ0) is 19.4. The fourth-order valence-corrected chi connectivity index (χ4v) is 5.91. The number of carbonyl (C=O) groups is 2. The summed E-state index contributed by atoms with van der Waals surface area (Å²) >= 11 is 2.85. The van der Waals surface area contributed by atoms with Gasteiger partial charge in [0.1, 0.15) is 9.75 Å². The molecular formula is C19H25NO5S2. The third-order valence-corrected chi connectivity index (χ3v) is 6.91. The highest BCUT2D eigenvalue weighted by atomic mass is 32.2. The molecule has 0 atom stereocenters.